The van der Waals surface area contributed by atoms with E-state index in [2.05, 4.69) is 10.3 Å². The zero-order chi connectivity index (χ0) is 15.8. The first-order valence-corrected chi connectivity index (χ1v) is 7.68. The molecule has 0 aromatic carbocycles. The van der Waals surface area contributed by atoms with Gasteiger partial charge in [-0.3, -0.25) is 14.6 Å². The van der Waals surface area contributed by atoms with Gasteiger partial charge in [0.05, 0.1) is 6.10 Å². The Morgan fingerprint density at radius 2 is 2.18 bits per heavy atom. The maximum Gasteiger partial charge on any atom is 0.222 e. The summed E-state index contributed by atoms with van der Waals surface area (Å²) in [5, 5.41) is 2.85. The van der Waals surface area contributed by atoms with Gasteiger partial charge >= 0.3 is 0 Å². The molecule has 6 heteroatoms. The summed E-state index contributed by atoms with van der Waals surface area (Å²) in [6.45, 7) is 3.78. The standard InChI is InChI=1S/C16H23N3O3/c1-13(20)19(12-15-3-2-10-22-15)9-6-16(21)18-11-14-4-7-17-8-5-14/h4-5,7-8,15H,2-3,6,9-12H2,1H3,(H,18,21). The smallest absolute Gasteiger partial charge is 0.222 e. The largest absolute Gasteiger partial charge is 0.376 e. The number of nitrogens with zero attached hydrogens (tertiary/aromatic N) is 2. The van der Waals surface area contributed by atoms with Gasteiger partial charge in [0.2, 0.25) is 11.8 Å². The molecular weight excluding hydrogens is 282 g/mol. The average Bonchev–Trinajstić information content (AvgIpc) is 3.03. The molecule has 0 aliphatic carbocycles. The quantitative estimate of drug-likeness (QED) is 0.819. The van der Waals surface area contributed by atoms with Gasteiger partial charge in [-0.05, 0) is 30.5 Å². The van der Waals surface area contributed by atoms with Crippen molar-refractivity contribution in [3.8, 4) is 0 Å². The Hall–Kier alpha value is -1.95. The van der Waals surface area contributed by atoms with Crippen molar-refractivity contribution in [2.75, 3.05) is 19.7 Å². The third kappa shape index (κ3) is 5.44. The van der Waals surface area contributed by atoms with Crippen molar-refractivity contribution in [2.24, 2.45) is 0 Å². The number of carbonyl (C=O) groups is 2. The monoisotopic (exact) mass is 305 g/mol. The van der Waals surface area contributed by atoms with E-state index in [1.165, 1.54) is 6.92 Å². The van der Waals surface area contributed by atoms with Crippen LogP contribution in [0.1, 0.15) is 31.7 Å². The molecule has 1 saturated heterocycles. The Kier molecular flexibility index (Phi) is 6.33. The van der Waals surface area contributed by atoms with Crippen LogP contribution in [-0.4, -0.2) is 47.5 Å². The predicted octanol–water partition coefficient (Wildman–Crippen LogP) is 1.12. The highest BCUT2D eigenvalue weighted by molar-refractivity contribution is 5.78. The summed E-state index contributed by atoms with van der Waals surface area (Å²) in [4.78, 5) is 29.2. The molecule has 0 bridgehead atoms. The van der Waals surface area contributed by atoms with Crippen molar-refractivity contribution in [1.82, 2.24) is 15.2 Å². The molecule has 1 unspecified atom stereocenters. The van der Waals surface area contributed by atoms with E-state index >= 15 is 0 Å². The molecule has 1 aliphatic rings. The van der Waals surface area contributed by atoms with Crippen molar-refractivity contribution < 1.29 is 14.3 Å². The Balaban J connectivity index is 1.71. The van der Waals surface area contributed by atoms with Gasteiger partial charge in [0.1, 0.15) is 0 Å². The Morgan fingerprint density at radius 1 is 1.41 bits per heavy atom. The second kappa shape index (κ2) is 8.48. The Morgan fingerprint density at radius 3 is 2.82 bits per heavy atom. The van der Waals surface area contributed by atoms with E-state index in [1.54, 1.807) is 17.3 Å². The molecule has 2 amide bonds. The van der Waals surface area contributed by atoms with Crippen LogP contribution in [0.15, 0.2) is 24.5 Å². The van der Waals surface area contributed by atoms with Crippen molar-refractivity contribution in [2.45, 2.75) is 38.8 Å². The number of nitrogens with one attached hydrogen (secondary N) is 1. The van der Waals surface area contributed by atoms with Gasteiger partial charge in [-0.1, -0.05) is 0 Å². The van der Waals surface area contributed by atoms with Gasteiger partial charge in [0, 0.05) is 52.0 Å². The van der Waals surface area contributed by atoms with Crippen LogP contribution in [0.3, 0.4) is 0 Å². The molecule has 2 rings (SSSR count). The van der Waals surface area contributed by atoms with Gasteiger partial charge in [-0.15, -0.1) is 0 Å². The fraction of sp³-hybridized carbons (Fsp3) is 0.562. The number of ether oxygens (including phenoxy) is 1. The number of pyridine rings is 1. The minimum absolute atomic E-state index is 0.0163. The van der Waals surface area contributed by atoms with Crippen LogP contribution < -0.4 is 5.32 Å². The van der Waals surface area contributed by atoms with Gasteiger partial charge < -0.3 is 15.0 Å². The van der Waals surface area contributed by atoms with E-state index in [-0.39, 0.29) is 17.9 Å². The molecule has 0 saturated carbocycles. The van der Waals surface area contributed by atoms with Crippen LogP contribution in [0, 0.1) is 0 Å². The molecular formula is C16H23N3O3. The second-order valence-electron chi connectivity index (χ2n) is 5.48. The number of rotatable bonds is 7. The summed E-state index contributed by atoms with van der Waals surface area (Å²) >= 11 is 0. The summed E-state index contributed by atoms with van der Waals surface area (Å²) in [6.07, 6.45) is 5.84. The molecule has 1 N–H and O–H groups in total. The lowest BCUT2D eigenvalue weighted by Crippen LogP contribution is -2.38. The third-order valence-electron chi connectivity index (χ3n) is 3.74. The van der Waals surface area contributed by atoms with E-state index in [9.17, 15) is 9.59 Å². The molecule has 1 atom stereocenters. The Bertz CT molecular complexity index is 487. The first-order valence-electron chi connectivity index (χ1n) is 7.68. The minimum atomic E-state index is -0.0598. The molecule has 1 fully saturated rings. The molecule has 6 nitrogen and oxygen atoms in total. The zero-order valence-electron chi connectivity index (χ0n) is 13.0. The highest BCUT2D eigenvalue weighted by Crippen LogP contribution is 2.13. The van der Waals surface area contributed by atoms with Crippen molar-refractivity contribution in [3.05, 3.63) is 30.1 Å². The van der Waals surface area contributed by atoms with Crippen LogP contribution >= 0.6 is 0 Å². The van der Waals surface area contributed by atoms with E-state index < -0.39 is 0 Å². The lowest BCUT2D eigenvalue weighted by Gasteiger charge is -2.23. The first-order chi connectivity index (χ1) is 10.6. The fourth-order valence-corrected chi connectivity index (χ4v) is 2.44. The molecule has 0 radical (unpaired) electrons. The average molecular weight is 305 g/mol. The van der Waals surface area contributed by atoms with Gasteiger partial charge in [0.25, 0.3) is 0 Å². The van der Waals surface area contributed by atoms with E-state index in [0.29, 0.717) is 26.1 Å². The molecule has 120 valence electrons. The van der Waals surface area contributed by atoms with Crippen LogP contribution in [-0.2, 0) is 20.9 Å². The SMILES string of the molecule is CC(=O)N(CCC(=O)NCc1ccncc1)CC1CCCO1. The maximum absolute atomic E-state index is 11.9. The maximum atomic E-state index is 11.9. The second-order valence-corrected chi connectivity index (χ2v) is 5.48. The molecule has 0 spiro atoms. The summed E-state index contributed by atoms with van der Waals surface area (Å²) < 4.78 is 5.55. The first kappa shape index (κ1) is 16.4. The van der Waals surface area contributed by atoms with Crippen LogP contribution in [0.4, 0.5) is 0 Å². The van der Waals surface area contributed by atoms with Crippen molar-refractivity contribution >= 4 is 11.8 Å². The molecule has 1 aliphatic heterocycles. The van der Waals surface area contributed by atoms with Crippen molar-refractivity contribution in [1.29, 1.82) is 0 Å². The van der Waals surface area contributed by atoms with Crippen LogP contribution in [0.25, 0.3) is 0 Å². The molecule has 1 aromatic rings. The summed E-state index contributed by atoms with van der Waals surface area (Å²) in [5.41, 5.74) is 1.01. The zero-order valence-corrected chi connectivity index (χ0v) is 13.0. The third-order valence-corrected chi connectivity index (χ3v) is 3.74. The summed E-state index contributed by atoms with van der Waals surface area (Å²) in [7, 11) is 0. The van der Waals surface area contributed by atoms with Gasteiger partial charge in [-0.25, -0.2) is 0 Å². The van der Waals surface area contributed by atoms with E-state index in [1.807, 2.05) is 12.1 Å². The lowest BCUT2D eigenvalue weighted by molar-refractivity contribution is -0.131. The highest BCUT2D eigenvalue weighted by atomic mass is 16.5. The van der Waals surface area contributed by atoms with E-state index in [0.717, 1.165) is 25.0 Å². The number of aromatic nitrogens is 1. The van der Waals surface area contributed by atoms with Gasteiger partial charge in [0.15, 0.2) is 0 Å². The van der Waals surface area contributed by atoms with Crippen molar-refractivity contribution in [3.63, 3.8) is 0 Å². The van der Waals surface area contributed by atoms with E-state index in [4.69, 9.17) is 4.74 Å². The van der Waals surface area contributed by atoms with Crippen LogP contribution in [0.5, 0.6) is 0 Å². The summed E-state index contributed by atoms with van der Waals surface area (Å²) in [6, 6.07) is 3.72. The highest BCUT2D eigenvalue weighted by Gasteiger charge is 2.21. The number of carbonyl (C=O) groups excluding carboxylic acids is 2. The summed E-state index contributed by atoms with van der Waals surface area (Å²) in [5.74, 6) is -0.0761. The topological polar surface area (TPSA) is 71.5 Å². The minimum Gasteiger partial charge on any atom is -0.376 e. The Labute approximate surface area is 130 Å². The normalized spacial score (nSPS) is 17.2. The number of amides is 2. The number of hydrogen-bond acceptors (Lipinski definition) is 4. The fourth-order valence-electron chi connectivity index (χ4n) is 2.44. The molecule has 1 aromatic heterocycles. The lowest BCUT2D eigenvalue weighted by atomic mass is 10.2. The molecule has 22 heavy (non-hydrogen) atoms. The van der Waals surface area contributed by atoms with Crippen LogP contribution in [0.2, 0.25) is 0 Å². The predicted molar refractivity (Wildman–Crippen MR) is 81.9 cm³/mol. The van der Waals surface area contributed by atoms with Gasteiger partial charge in [-0.2, -0.15) is 0 Å². The number of hydrogen-bond donors (Lipinski definition) is 1. The molecule has 2 heterocycles.